The van der Waals surface area contributed by atoms with Gasteiger partial charge in [0.25, 0.3) is 5.91 Å². The minimum Gasteiger partial charge on any atom is -0.495 e. The van der Waals surface area contributed by atoms with Crippen molar-refractivity contribution in [3.63, 3.8) is 0 Å². The van der Waals surface area contributed by atoms with Crippen LogP contribution in [0.3, 0.4) is 0 Å². The van der Waals surface area contributed by atoms with Crippen molar-refractivity contribution in [2.24, 2.45) is 0 Å². The number of nitrogens with one attached hydrogen (secondary N) is 1. The topological polar surface area (TPSA) is 58.6 Å². The van der Waals surface area contributed by atoms with Crippen LogP contribution in [0, 0.1) is 0 Å². The van der Waals surface area contributed by atoms with E-state index in [1.165, 1.54) is 11.3 Å². The molecule has 2 aromatic rings. The van der Waals surface area contributed by atoms with E-state index in [0.29, 0.717) is 30.1 Å². The minimum atomic E-state index is -0.118. The fourth-order valence-corrected chi connectivity index (χ4v) is 3.93. The molecule has 0 bridgehead atoms. The second kappa shape index (κ2) is 7.70. The first-order valence-corrected chi connectivity index (χ1v) is 9.38. The van der Waals surface area contributed by atoms with E-state index in [9.17, 15) is 9.59 Å². The SMILES string of the molecule is CCc1ccsc1C(=O)Nc1ccc(OC)c(N2CCCCC2=O)c1. The number of ether oxygens (including phenoxy) is 1. The van der Waals surface area contributed by atoms with Crippen molar-refractivity contribution in [2.45, 2.75) is 32.6 Å². The number of anilines is 2. The van der Waals surface area contributed by atoms with Crippen molar-refractivity contribution in [1.29, 1.82) is 0 Å². The third kappa shape index (κ3) is 3.69. The van der Waals surface area contributed by atoms with Gasteiger partial charge in [0.1, 0.15) is 5.75 Å². The van der Waals surface area contributed by atoms with Gasteiger partial charge in [0.2, 0.25) is 5.91 Å². The van der Waals surface area contributed by atoms with Gasteiger partial charge in [-0.25, -0.2) is 0 Å². The number of thiophene rings is 1. The van der Waals surface area contributed by atoms with E-state index in [1.807, 2.05) is 24.4 Å². The van der Waals surface area contributed by atoms with Crippen LogP contribution < -0.4 is 15.0 Å². The van der Waals surface area contributed by atoms with Crippen LogP contribution in [0.25, 0.3) is 0 Å². The molecular formula is C19H22N2O3S. The van der Waals surface area contributed by atoms with Crippen LogP contribution in [0.15, 0.2) is 29.6 Å². The van der Waals surface area contributed by atoms with E-state index in [0.717, 1.165) is 29.7 Å². The molecule has 132 valence electrons. The molecule has 0 radical (unpaired) electrons. The number of rotatable bonds is 5. The highest BCUT2D eigenvalue weighted by atomic mass is 32.1. The van der Waals surface area contributed by atoms with E-state index >= 15 is 0 Å². The van der Waals surface area contributed by atoms with E-state index in [1.54, 1.807) is 24.1 Å². The molecular weight excluding hydrogens is 336 g/mol. The normalized spacial score (nSPS) is 14.5. The van der Waals surface area contributed by atoms with Crippen LogP contribution in [-0.4, -0.2) is 25.5 Å². The van der Waals surface area contributed by atoms with Crippen molar-refractivity contribution in [1.82, 2.24) is 0 Å². The predicted octanol–water partition coefficient (Wildman–Crippen LogP) is 4.09. The summed E-state index contributed by atoms with van der Waals surface area (Å²) in [6, 6.07) is 7.39. The molecule has 0 spiro atoms. The maximum absolute atomic E-state index is 12.5. The van der Waals surface area contributed by atoms with E-state index in [-0.39, 0.29) is 11.8 Å². The molecule has 3 rings (SSSR count). The summed E-state index contributed by atoms with van der Waals surface area (Å²) in [5.41, 5.74) is 2.42. The van der Waals surface area contributed by atoms with Gasteiger partial charge in [0.05, 0.1) is 17.7 Å². The number of amides is 2. The van der Waals surface area contributed by atoms with Crippen molar-refractivity contribution < 1.29 is 14.3 Å². The Morgan fingerprint density at radius 3 is 2.88 bits per heavy atom. The Morgan fingerprint density at radius 1 is 1.32 bits per heavy atom. The second-order valence-corrected chi connectivity index (χ2v) is 6.89. The maximum atomic E-state index is 12.5. The van der Waals surface area contributed by atoms with Crippen LogP contribution in [0.1, 0.15) is 41.4 Å². The molecule has 6 heteroatoms. The average molecular weight is 358 g/mol. The summed E-state index contributed by atoms with van der Waals surface area (Å²) in [4.78, 5) is 27.3. The standard InChI is InChI=1S/C19H22N2O3S/c1-3-13-9-11-25-18(13)19(23)20-14-7-8-16(24-2)15(12-14)21-10-5-4-6-17(21)22/h7-9,11-12H,3-6,10H2,1-2H3,(H,20,23). The lowest BCUT2D eigenvalue weighted by Gasteiger charge is -2.28. The molecule has 1 aliphatic rings. The Kier molecular flexibility index (Phi) is 5.38. The first-order chi connectivity index (χ1) is 12.1. The van der Waals surface area contributed by atoms with Gasteiger partial charge in [-0.15, -0.1) is 11.3 Å². The summed E-state index contributed by atoms with van der Waals surface area (Å²) in [6.07, 6.45) is 3.27. The van der Waals surface area contributed by atoms with Crippen LogP contribution in [0.5, 0.6) is 5.75 Å². The second-order valence-electron chi connectivity index (χ2n) is 5.97. The summed E-state index contributed by atoms with van der Waals surface area (Å²) < 4.78 is 5.41. The van der Waals surface area contributed by atoms with E-state index in [4.69, 9.17) is 4.74 Å². The zero-order valence-corrected chi connectivity index (χ0v) is 15.3. The van der Waals surface area contributed by atoms with Crippen LogP contribution in [-0.2, 0) is 11.2 Å². The smallest absolute Gasteiger partial charge is 0.266 e. The number of aryl methyl sites for hydroxylation is 1. The Hall–Kier alpha value is -2.34. The third-order valence-corrected chi connectivity index (χ3v) is 5.34. The van der Waals surface area contributed by atoms with Gasteiger partial charge in [-0.3, -0.25) is 9.59 Å². The van der Waals surface area contributed by atoms with Crippen LogP contribution in [0.4, 0.5) is 11.4 Å². The molecule has 5 nitrogen and oxygen atoms in total. The zero-order chi connectivity index (χ0) is 17.8. The summed E-state index contributed by atoms with van der Waals surface area (Å²) in [7, 11) is 1.59. The first-order valence-electron chi connectivity index (χ1n) is 8.50. The fourth-order valence-electron chi connectivity index (χ4n) is 3.04. The average Bonchev–Trinajstić information content (AvgIpc) is 3.11. The van der Waals surface area contributed by atoms with Gasteiger partial charge in [0.15, 0.2) is 0 Å². The highest BCUT2D eigenvalue weighted by Crippen LogP contribution is 2.34. The largest absolute Gasteiger partial charge is 0.495 e. The van der Waals surface area contributed by atoms with Gasteiger partial charge in [-0.1, -0.05) is 6.92 Å². The van der Waals surface area contributed by atoms with Gasteiger partial charge in [-0.2, -0.15) is 0 Å². The monoisotopic (exact) mass is 358 g/mol. The molecule has 0 aliphatic carbocycles. The number of piperidine rings is 1. The minimum absolute atomic E-state index is 0.0968. The Bertz CT molecular complexity index is 785. The van der Waals surface area contributed by atoms with Crippen LogP contribution in [0.2, 0.25) is 0 Å². The molecule has 0 saturated carbocycles. The lowest BCUT2D eigenvalue weighted by molar-refractivity contribution is -0.119. The Balaban J connectivity index is 1.86. The maximum Gasteiger partial charge on any atom is 0.266 e. The van der Waals surface area contributed by atoms with Crippen molar-refractivity contribution in [3.8, 4) is 5.75 Å². The van der Waals surface area contributed by atoms with Gasteiger partial charge in [0, 0.05) is 18.7 Å². The zero-order valence-electron chi connectivity index (χ0n) is 14.5. The molecule has 1 aliphatic heterocycles. The molecule has 1 N–H and O–H groups in total. The summed E-state index contributed by atoms with van der Waals surface area (Å²) in [5.74, 6) is 0.617. The lowest BCUT2D eigenvalue weighted by atomic mass is 10.1. The van der Waals surface area contributed by atoms with Gasteiger partial charge >= 0.3 is 0 Å². The quantitative estimate of drug-likeness (QED) is 0.876. The molecule has 0 atom stereocenters. The number of methoxy groups -OCH3 is 1. The molecule has 0 unspecified atom stereocenters. The fraction of sp³-hybridized carbons (Fsp3) is 0.368. The van der Waals surface area contributed by atoms with Gasteiger partial charge in [-0.05, 0) is 54.5 Å². The van der Waals surface area contributed by atoms with Crippen molar-refractivity contribution >= 4 is 34.5 Å². The predicted molar refractivity (Wildman–Crippen MR) is 101 cm³/mol. The first kappa shape index (κ1) is 17.5. The summed E-state index contributed by atoms with van der Waals surface area (Å²) in [5, 5.41) is 4.87. The molecule has 1 fully saturated rings. The molecule has 2 heterocycles. The Morgan fingerprint density at radius 2 is 2.16 bits per heavy atom. The lowest BCUT2D eigenvalue weighted by Crippen LogP contribution is -2.35. The molecule has 1 aromatic carbocycles. The van der Waals surface area contributed by atoms with E-state index < -0.39 is 0 Å². The molecule has 2 amide bonds. The van der Waals surface area contributed by atoms with Crippen molar-refractivity contribution in [2.75, 3.05) is 23.9 Å². The summed E-state index contributed by atoms with van der Waals surface area (Å²) in [6.45, 7) is 2.71. The van der Waals surface area contributed by atoms with E-state index in [2.05, 4.69) is 5.32 Å². The van der Waals surface area contributed by atoms with Gasteiger partial charge < -0.3 is 15.0 Å². The summed E-state index contributed by atoms with van der Waals surface area (Å²) >= 11 is 1.44. The number of carbonyl (C=O) groups excluding carboxylic acids is 2. The number of nitrogens with zero attached hydrogens (tertiary/aromatic N) is 1. The third-order valence-electron chi connectivity index (χ3n) is 4.38. The number of carbonyl (C=O) groups is 2. The Labute approximate surface area is 151 Å². The highest BCUT2D eigenvalue weighted by Gasteiger charge is 2.23. The van der Waals surface area contributed by atoms with Crippen molar-refractivity contribution in [3.05, 3.63) is 40.1 Å². The number of benzene rings is 1. The molecule has 1 saturated heterocycles. The molecule has 25 heavy (non-hydrogen) atoms. The highest BCUT2D eigenvalue weighted by molar-refractivity contribution is 7.12. The van der Waals surface area contributed by atoms with Crippen LogP contribution >= 0.6 is 11.3 Å². The molecule has 1 aromatic heterocycles. The number of hydrogen-bond acceptors (Lipinski definition) is 4. The number of hydrogen-bond donors (Lipinski definition) is 1.